The first-order chi connectivity index (χ1) is 9.24. The van der Waals surface area contributed by atoms with Crippen molar-refractivity contribution in [2.24, 2.45) is 10.2 Å². The van der Waals surface area contributed by atoms with Gasteiger partial charge in [-0.1, -0.05) is 30.3 Å². The van der Waals surface area contributed by atoms with Gasteiger partial charge in [0.1, 0.15) is 17.5 Å². The van der Waals surface area contributed by atoms with Crippen molar-refractivity contribution in [1.82, 2.24) is 0 Å². The third kappa shape index (κ3) is 2.29. The molecule has 4 nitrogen and oxygen atoms in total. The highest BCUT2D eigenvalue weighted by molar-refractivity contribution is 5.36. The summed E-state index contributed by atoms with van der Waals surface area (Å²) in [6.45, 7) is 0. The van der Waals surface area contributed by atoms with E-state index in [1.165, 1.54) is 0 Å². The second-order valence-electron chi connectivity index (χ2n) is 4.65. The molecule has 0 saturated carbocycles. The van der Waals surface area contributed by atoms with Crippen LogP contribution >= 0.6 is 0 Å². The van der Waals surface area contributed by atoms with E-state index < -0.39 is 0 Å². The highest BCUT2D eigenvalue weighted by atomic mass is 16.3. The number of phenols is 2. The maximum Gasteiger partial charge on any atom is 0.120 e. The fourth-order valence-electron chi connectivity index (χ4n) is 2.32. The lowest BCUT2D eigenvalue weighted by molar-refractivity contribution is 0.460. The summed E-state index contributed by atoms with van der Waals surface area (Å²) in [6.07, 6.45) is 0.738. The van der Waals surface area contributed by atoms with E-state index in [1.807, 2.05) is 24.3 Å². The molecule has 1 heterocycles. The van der Waals surface area contributed by atoms with Crippen LogP contribution in [0.15, 0.2) is 58.8 Å². The van der Waals surface area contributed by atoms with Crippen LogP contribution in [-0.2, 0) is 0 Å². The molecule has 0 aromatic heterocycles. The standard InChI is InChI=1S/C15H14N2O2/c18-11-7-5-10(6-8-11)13-9-14(17-16-13)12-3-1-2-4-15(12)19/h1-8,13-14,18-19H,9H2. The fraction of sp³-hybridized carbons (Fsp3) is 0.200. The Labute approximate surface area is 111 Å². The van der Waals surface area contributed by atoms with Gasteiger partial charge in [-0.05, 0) is 23.8 Å². The number of phenolic OH excluding ortho intramolecular Hbond substituents is 2. The van der Waals surface area contributed by atoms with Gasteiger partial charge in [-0.2, -0.15) is 10.2 Å². The zero-order valence-electron chi connectivity index (χ0n) is 10.3. The molecule has 2 unspecified atom stereocenters. The number of hydrogen-bond donors (Lipinski definition) is 2. The average Bonchev–Trinajstić information content (AvgIpc) is 2.89. The molecule has 0 spiro atoms. The number of hydrogen-bond acceptors (Lipinski definition) is 4. The van der Waals surface area contributed by atoms with Crippen LogP contribution in [0.3, 0.4) is 0 Å². The van der Waals surface area contributed by atoms with E-state index in [0.717, 1.165) is 17.5 Å². The van der Waals surface area contributed by atoms with Crippen LogP contribution in [0.2, 0.25) is 0 Å². The molecule has 2 atom stereocenters. The third-order valence-corrected chi connectivity index (χ3v) is 3.37. The zero-order chi connectivity index (χ0) is 13.2. The lowest BCUT2D eigenvalue weighted by Crippen LogP contribution is -1.96. The van der Waals surface area contributed by atoms with E-state index in [9.17, 15) is 10.2 Å². The van der Waals surface area contributed by atoms with Gasteiger partial charge in [-0.3, -0.25) is 0 Å². The largest absolute Gasteiger partial charge is 0.508 e. The molecule has 4 heteroatoms. The molecule has 96 valence electrons. The Morgan fingerprint density at radius 2 is 1.53 bits per heavy atom. The summed E-state index contributed by atoms with van der Waals surface area (Å²) < 4.78 is 0. The van der Waals surface area contributed by atoms with Gasteiger partial charge in [0.2, 0.25) is 0 Å². The molecule has 1 aliphatic heterocycles. The minimum Gasteiger partial charge on any atom is -0.508 e. The molecular formula is C15H14N2O2. The van der Waals surface area contributed by atoms with Gasteiger partial charge in [-0.25, -0.2) is 0 Å². The maximum absolute atomic E-state index is 9.83. The second kappa shape index (κ2) is 4.72. The number of rotatable bonds is 2. The fourth-order valence-corrected chi connectivity index (χ4v) is 2.32. The van der Waals surface area contributed by atoms with Gasteiger partial charge in [0.15, 0.2) is 0 Å². The molecule has 0 aliphatic carbocycles. The monoisotopic (exact) mass is 254 g/mol. The lowest BCUT2D eigenvalue weighted by atomic mass is 9.97. The average molecular weight is 254 g/mol. The molecule has 0 fully saturated rings. The van der Waals surface area contributed by atoms with Crippen molar-refractivity contribution < 1.29 is 10.2 Å². The first kappa shape index (κ1) is 11.7. The van der Waals surface area contributed by atoms with Crippen LogP contribution < -0.4 is 0 Å². The predicted octanol–water partition coefficient (Wildman–Crippen LogP) is 3.74. The third-order valence-electron chi connectivity index (χ3n) is 3.37. The number of benzene rings is 2. The van der Waals surface area contributed by atoms with Gasteiger partial charge < -0.3 is 10.2 Å². The molecule has 0 amide bonds. The summed E-state index contributed by atoms with van der Waals surface area (Å²) >= 11 is 0. The summed E-state index contributed by atoms with van der Waals surface area (Å²) in [5.74, 6) is 0.508. The first-order valence-corrected chi connectivity index (χ1v) is 6.21. The molecular weight excluding hydrogens is 240 g/mol. The number of para-hydroxylation sites is 1. The van der Waals surface area contributed by atoms with E-state index in [4.69, 9.17) is 0 Å². The minimum absolute atomic E-state index is 0.00907. The van der Waals surface area contributed by atoms with Gasteiger partial charge in [0, 0.05) is 12.0 Å². The zero-order valence-corrected chi connectivity index (χ0v) is 10.3. The second-order valence-corrected chi connectivity index (χ2v) is 4.65. The Morgan fingerprint density at radius 1 is 0.842 bits per heavy atom. The van der Waals surface area contributed by atoms with Crippen LogP contribution in [-0.4, -0.2) is 10.2 Å². The summed E-state index contributed by atoms with van der Waals surface area (Å²) in [4.78, 5) is 0. The molecule has 2 aromatic rings. The van der Waals surface area contributed by atoms with Gasteiger partial charge in [0.05, 0.1) is 6.04 Å². The van der Waals surface area contributed by atoms with E-state index in [0.29, 0.717) is 0 Å². The Bertz CT molecular complexity index is 608. The van der Waals surface area contributed by atoms with Crippen LogP contribution in [0.1, 0.15) is 29.6 Å². The van der Waals surface area contributed by atoms with Crippen molar-refractivity contribution in [3.8, 4) is 11.5 Å². The topological polar surface area (TPSA) is 65.2 Å². The van der Waals surface area contributed by atoms with Crippen LogP contribution in [0.25, 0.3) is 0 Å². The smallest absolute Gasteiger partial charge is 0.120 e. The van der Waals surface area contributed by atoms with Crippen molar-refractivity contribution in [1.29, 1.82) is 0 Å². The van der Waals surface area contributed by atoms with Crippen molar-refractivity contribution in [3.05, 3.63) is 59.7 Å². The molecule has 3 rings (SSSR count). The van der Waals surface area contributed by atoms with E-state index in [-0.39, 0.29) is 23.6 Å². The highest BCUT2D eigenvalue weighted by Crippen LogP contribution is 2.41. The van der Waals surface area contributed by atoms with Gasteiger partial charge in [0.25, 0.3) is 0 Å². The van der Waals surface area contributed by atoms with Crippen LogP contribution in [0.4, 0.5) is 0 Å². The van der Waals surface area contributed by atoms with Crippen LogP contribution in [0, 0.1) is 0 Å². The summed E-state index contributed by atoms with van der Waals surface area (Å²) in [5.41, 5.74) is 1.84. The Hall–Kier alpha value is -2.36. The van der Waals surface area contributed by atoms with E-state index >= 15 is 0 Å². The van der Waals surface area contributed by atoms with Crippen molar-refractivity contribution in [2.45, 2.75) is 18.5 Å². The quantitative estimate of drug-likeness (QED) is 0.857. The van der Waals surface area contributed by atoms with Crippen molar-refractivity contribution in [2.75, 3.05) is 0 Å². The molecule has 0 radical (unpaired) electrons. The summed E-state index contributed by atoms with van der Waals surface area (Å²) in [5, 5.41) is 27.6. The van der Waals surface area contributed by atoms with Crippen LogP contribution in [0.5, 0.6) is 11.5 Å². The Kier molecular flexibility index (Phi) is 2.91. The summed E-state index contributed by atoms with van der Waals surface area (Å²) in [7, 11) is 0. The molecule has 2 aromatic carbocycles. The van der Waals surface area contributed by atoms with E-state index in [1.54, 1.807) is 24.3 Å². The minimum atomic E-state index is -0.0972. The highest BCUT2D eigenvalue weighted by Gasteiger charge is 2.26. The van der Waals surface area contributed by atoms with Gasteiger partial charge in [-0.15, -0.1) is 0 Å². The molecule has 0 saturated heterocycles. The molecule has 19 heavy (non-hydrogen) atoms. The SMILES string of the molecule is Oc1ccc(C2CC(c3ccccc3O)N=N2)cc1. The summed E-state index contributed by atoms with van der Waals surface area (Å²) in [6, 6.07) is 14.1. The number of nitrogens with zero attached hydrogens (tertiary/aromatic N) is 2. The molecule has 0 bridgehead atoms. The Balaban J connectivity index is 1.80. The normalized spacial score (nSPS) is 21.7. The Morgan fingerprint density at radius 3 is 2.26 bits per heavy atom. The molecule has 1 aliphatic rings. The number of azo groups is 1. The van der Waals surface area contributed by atoms with Crippen molar-refractivity contribution >= 4 is 0 Å². The number of aromatic hydroxyl groups is 2. The van der Waals surface area contributed by atoms with Crippen molar-refractivity contribution in [3.63, 3.8) is 0 Å². The van der Waals surface area contributed by atoms with Gasteiger partial charge >= 0.3 is 0 Å². The lowest BCUT2D eigenvalue weighted by Gasteiger charge is -2.10. The van der Waals surface area contributed by atoms with E-state index in [2.05, 4.69) is 10.2 Å². The predicted molar refractivity (Wildman–Crippen MR) is 71.2 cm³/mol. The molecule has 2 N–H and O–H groups in total. The maximum atomic E-state index is 9.83. The first-order valence-electron chi connectivity index (χ1n) is 6.21.